The Labute approximate surface area is 179 Å². The molecule has 5 nitrogen and oxygen atoms in total. The van der Waals surface area contributed by atoms with Crippen LogP contribution in [0.5, 0.6) is 0 Å². The smallest absolute Gasteiger partial charge is 0.261 e. The number of aromatic nitrogens is 2. The van der Waals surface area contributed by atoms with Gasteiger partial charge in [0.2, 0.25) is 0 Å². The Hall–Kier alpha value is -1.87. The number of amides is 2. The van der Waals surface area contributed by atoms with Crippen LogP contribution in [-0.2, 0) is 5.75 Å². The summed E-state index contributed by atoms with van der Waals surface area (Å²) in [5, 5.41) is 9.11. The highest BCUT2D eigenvalue weighted by Crippen LogP contribution is 2.31. The summed E-state index contributed by atoms with van der Waals surface area (Å²) in [5.74, 6) is 0.934. The molecular formula is C19H14ClN3O2S3. The standard InChI is InChI=1S/C19H14ClN3O2S3/c20-13-7-5-12(6-8-13)11-27-19-22-21-18(28-19)26-10-9-23-16(24)14-3-1-2-4-15(14)17(23)25/h1-8H,9-11H2. The van der Waals surface area contributed by atoms with E-state index in [0.29, 0.717) is 23.4 Å². The van der Waals surface area contributed by atoms with E-state index in [1.165, 1.54) is 33.6 Å². The van der Waals surface area contributed by atoms with Gasteiger partial charge in [-0.15, -0.1) is 10.2 Å². The van der Waals surface area contributed by atoms with Crippen molar-refractivity contribution in [2.75, 3.05) is 12.3 Å². The number of benzene rings is 2. The first-order chi connectivity index (χ1) is 13.6. The normalized spacial score (nSPS) is 13.2. The number of hydrogen-bond acceptors (Lipinski definition) is 7. The third-order valence-electron chi connectivity index (χ3n) is 4.08. The van der Waals surface area contributed by atoms with E-state index in [-0.39, 0.29) is 11.8 Å². The zero-order chi connectivity index (χ0) is 19.5. The van der Waals surface area contributed by atoms with Gasteiger partial charge in [0.15, 0.2) is 8.68 Å². The van der Waals surface area contributed by atoms with E-state index >= 15 is 0 Å². The molecule has 2 amide bonds. The van der Waals surface area contributed by atoms with Crippen molar-refractivity contribution >= 4 is 58.3 Å². The number of imide groups is 1. The summed E-state index contributed by atoms with van der Waals surface area (Å²) in [5.41, 5.74) is 2.13. The van der Waals surface area contributed by atoms with Gasteiger partial charge >= 0.3 is 0 Å². The molecule has 1 aromatic heterocycles. The van der Waals surface area contributed by atoms with Gasteiger partial charge in [-0.25, -0.2) is 0 Å². The molecule has 1 aliphatic heterocycles. The molecule has 2 aromatic carbocycles. The largest absolute Gasteiger partial charge is 0.273 e. The average molecular weight is 448 g/mol. The lowest BCUT2D eigenvalue weighted by atomic mass is 10.1. The van der Waals surface area contributed by atoms with Crippen LogP contribution < -0.4 is 0 Å². The average Bonchev–Trinajstić information content (AvgIpc) is 3.26. The lowest BCUT2D eigenvalue weighted by Crippen LogP contribution is -2.31. The fraction of sp³-hybridized carbons (Fsp3) is 0.158. The van der Waals surface area contributed by atoms with Crippen molar-refractivity contribution in [1.29, 1.82) is 0 Å². The number of nitrogens with zero attached hydrogens (tertiary/aromatic N) is 3. The highest BCUT2D eigenvalue weighted by Gasteiger charge is 2.34. The molecule has 2 heterocycles. The molecule has 0 N–H and O–H groups in total. The Morgan fingerprint density at radius 3 is 2.14 bits per heavy atom. The lowest BCUT2D eigenvalue weighted by molar-refractivity contribution is 0.0664. The van der Waals surface area contributed by atoms with Gasteiger partial charge in [-0.3, -0.25) is 14.5 Å². The molecule has 3 aromatic rings. The second-order valence-electron chi connectivity index (χ2n) is 5.91. The summed E-state index contributed by atoms with van der Waals surface area (Å²) in [6.45, 7) is 0.351. The quantitative estimate of drug-likeness (QED) is 0.380. The highest BCUT2D eigenvalue weighted by molar-refractivity contribution is 8.02. The molecule has 0 radical (unpaired) electrons. The fourth-order valence-electron chi connectivity index (χ4n) is 2.71. The Bertz CT molecular complexity index is 988. The Balaban J connectivity index is 1.28. The van der Waals surface area contributed by atoms with Gasteiger partial charge in [-0.2, -0.15) is 0 Å². The first kappa shape index (κ1) is 19.4. The van der Waals surface area contributed by atoms with E-state index in [9.17, 15) is 9.59 Å². The SMILES string of the molecule is O=C1c2ccccc2C(=O)N1CCSc1nnc(SCc2ccc(Cl)cc2)s1. The van der Waals surface area contributed by atoms with Gasteiger partial charge in [0.25, 0.3) is 11.8 Å². The second-order valence-corrected chi connectivity index (χ2v) is 9.88. The van der Waals surface area contributed by atoms with E-state index in [1.807, 2.05) is 24.3 Å². The van der Waals surface area contributed by atoms with Crippen LogP contribution in [0.25, 0.3) is 0 Å². The summed E-state index contributed by atoms with van der Waals surface area (Å²) in [6, 6.07) is 14.7. The molecule has 0 unspecified atom stereocenters. The van der Waals surface area contributed by atoms with Crippen molar-refractivity contribution in [3.8, 4) is 0 Å². The molecule has 0 aliphatic carbocycles. The molecule has 0 saturated heterocycles. The van der Waals surface area contributed by atoms with Gasteiger partial charge in [0, 0.05) is 23.1 Å². The van der Waals surface area contributed by atoms with Crippen LogP contribution in [0.1, 0.15) is 26.3 Å². The van der Waals surface area contributed by atoms with Crippen LogP contribution in [-0.4, -0.2) is 39.2 Å². The van der Waals surface area contributed by atoms with E-state index in [0.717, 1.165) is 19.5 Å². The van der Waals surface area contributed by atoms with Gasteiger partial charge < -0.3 is 0 Å². The molecule has 1 aliphatic rings. The maximum absolute atomic E-state index is 12.4. The summed E-state index contributed by atoms with van der Waals surface area (Å²) in [6.07, 6.45) is 0. The van der Waals surface area contributed by atoms with Gasteiger partial charge in [-0.1, -0.05) is 70.7 Å². The second kappa shape index (κ2) is 8.65. The number of hydrogen-bond donors (Lipinski definition) is 0. The Morgan fingerprint density at radius 2 is 1.50 bits per heavy atom. The third kappa shape index (κ3) is 4.25. The molecule has 28 heavy (non-hydrogen) atoms. The predicted molar refractivity (Wildman–Crippen MR) is 113 cm³/mol. The maximum atomic E-state index is 12.4. The molecule has 4 rings (SSSR count). The van der Waals surface area contributed by atoms with E-state index in [1.54, 1.807) is 36.0 Å². The minimum Gasteiger partial charge on any atom is -0.273 e. The van der Waals surface area contributed by atoms with Crippen molar-refractivity contribution in [2.24, 2.45) is 0 Å². The topological polar surface area (TPSA) is 63.2 Å². The van der Waals surface area contributed by atoms with Gasteiger partial charge in [0.1, 0.15) is 0 Å². The molecular weight excluding hydrogens is 434 g/mol. The van der Waals surface area contributed by atoms with Crippen molar-refractivity contribution < 1.29 is 9.59 Å². The number of thioether (sulfide) groups is 2. The molecule has 0 saturated carbocycles. The monoisotopic (exact) mass is 447 g/mol. The van der Waals surface area contributed by atoms with Crippen molar-refractivity contribution in [3.63, 3.8) is 0 Å². The van der Waals surface area contributed by atoms with Gasteiger partial charge in [-0.05, 0) is 29.8 Å². The summed E-state index contributed by atoms with van der Waals surface area (Å²) >= 11 is 10.5. The molecule has 0 spiro atoms. The first-order valence-corrected chi connectivity index (χ1v) is 11.6. The van der Waals surface area contributed by atoms with Crippen molar-refractivity contribution in [1.82, 2.24) is 15.1 Å². The fourth-order valence-corrected chi connectivity index (χ4v) is 5.80. The van der Waals surface area contributed by atoms with Crippen LogP contribution in [0.3, 0.4) is 0 Å². The molecule has 0 fully saturated rings. The van der Waals surface area contributed by atoms with E-state index in [4.69, 9.17) is 11.6 Å². The highest BCUT2D eigenvalue weighted by atomic mass is 35.5. The minimum atomic E-state index is -0.224. The number of rotatable bonds is 7. The Morgan fingerprint density at radius 1 is 0.893 bits per heavy atom. The zero-order valence-corrected chi connectivity index (χ0v) is 17.7. The minimum absolute atomic E-state index is 0.224. The third-order valence-corrected chi connectivity index (χ3v) is 7.58. The van der Waals surface area contributed by atoms with Gasteiger partial charge in [0.05, 0.1) is 11.1 Å². The summed E-state index contributed by atoms with van der Waals surface area (Å²) < 4.78 is 1.72. The van der Waals surface area contributed by atoms with E-state index in [2.05, 4.69) is 10.2 Å². The number of fused-ring (bicyclic) bond motifs is 1. The Kier molecular flexibility index (Phi) is 6.01. The number of carbonyl (C=O) groups is 2. The predicted octanol–water partition coefficient (Wildman–Crippen LogP) is 4.87. The zero-order valence-electron chi connectivity index (χ0n) is 14.5. The maximum Gasteiger partial charge on any atom is 0.261 e. The molecule has 142 valence electrons. The molecule has 0 bridgehead atoms. The van der Waals surface area contributed by atoms with Crippen LogP contribution in [0.15, 0.2) is 57.2 Å². The van der Waals surface area contributed by atoms with Crippen LogP contribution in [0, 0.1) is 0 Å². The van der Waals surface area contributed by atoms with Crippen molar-refractivity contribution in [3.05, 3.63) is 70.2 Å². The molecule has 0 atom stereocenters. The van der Waals surface area contributed by atoms with Crippen LogP contribution >= 0.6 is 46.5 Å². The first-order valence-electron chi connectivity index (χ1n) is 8.40. The van der Waals surface area contributed by atoms with Crippen LogP contribution in [0.2, 0.25) is 5.02 Å². The number of carbonyl (C=O) groups excluding carboxylic acids is 2. The molecule has 9 heteroatoms. The van der Waals surface area contributed by atoms with E-state index < -0.39 is 0 Å². The van der Waals surface area contributed by atoms with Crippen molar-refractivity contribution in [2.45, 2.75) is 14.4 Å². The number of halogens is 1. The lowest BCUT2D eigenvalue weighted by Gasteiger charge is -2.12. The summed E-state index contributed by atoms with van der Waals surface area (Å²) in [7, 11) is 0. The summed E-state index contributed by atoms with van der Waals surface area (Å²) in [4.78, 5) is 26.0. The van der Waals surface area contributed by atoms with Crippen LogP contribution in [0.4, 0.5) is 0 Å².